The van der Waals surface area contributed by atoms with E-state index in [0.29, 0.717) is 5.56 Å². The first-order valence-electron chi connectivity index (χ1n) is 7.54. The van der Waals surface area contributed by atoms with Crippen molar-refractivity contribution in [3.8, 4) is 11.8 Å². The summed E-state index contributed by atoms with van der Waals surface area (Å²) in [6, 6.07) is 8.53. The summed E-state index contributed by atoms with van der Waals surface area (Å²) in [4.78, 5) is 27.7. The van der Waals surface area contributed by atoms with E-state index in [-0.39, 0.29) is 0 Å². The number of hydrogen-bond acceptors (Lipinski definition) is 5. The normalized spacial score (nSPS) is 12.3. The molecule has 128 valence electrons. The minimum atomic E-state index is -1.04. The molecule has 0 bridgehead atoms. The Hall–Kier alpha value is -3.21. The first kappa shape index (κ1) is 18.1. The first-order chi connectivity index (χ1) is 12.0. The number of nitrogens with two attached hydrogens (primary N) is 1. The summed E-state index contributed by atoms with van der Waals surface area (Å²) in [6.45, 7) is 1.55. The summed E-state index contributed by atoms with van der Waals surface area (Å²) >= 11 is 0. The molecule has 0 spiro atoms. The molecular weight excluding hydrogens is 320 g/mol. The number of nitrogens with zero attached hydrogens (tertiary/aromatic N) is 1. The standard InChI is InChI=1S/C18H18N4O3/c1-12(19)16(18(24)22-25)21-17(23)15-8-6-13(7-9-15)4-5-14-3-2-10-20-11-14/h2-3,6-12,16,25H,19H2,1H3,(H,21,23)(H,22,24)/t12-,16+/m1/s1. The van der Waals surface area contributed by atoms with Gasteiger partial charge in [-0.3, -0.25) is 19.8 Å². The van der Waals surface area contributed by atoms with Crippen LogP contribution in [0.25, 0.3) is 0 Å². The molecule has 1 heterocycles. The van der Waals surface area contributed by atoms with Crippen LogP contribution in [0.5, 0.6) is 0 Å². The number of carbonyl (C=O) groups excluding carboxylic acids is 2. The van der Waals surface area contributed by atoms with Crippen molar-refractivity contribution in [3.05, 3.63) is 65.5 Å². The smallest absolute Gasteiger partial charge is 0.267 e. The Morgan fingerprint density at radius 3 is 2.40 bits per heavy atom. The van der Waals surface area contributed by atoms with Crippen LogP contribution in [0.15, 0.2) is 48.8 Å². The van der Waals surface area contributed by atoms with Crippen molar-refractivity contribution in [1.82, 2.24) is 15.8 Å². The molecule has 0 aliphatic carbocycles. The first-order valence-corrected chi connectivity index (χ1v) is 7.54. The van der Waals surface area contributed by atoms with Gasteiger partial charge in [0.1, 0.15) is 6.04 Å². The molecule has 0 unspecified atom stereocenters. The molecule has 2 aromatic rings. The van der Waals surface area contributed by atoms with Crippen LogP contribution in [0, 0.1) is 11.8 Å². The number of pyridine rings is 1. The number of nitrogens with one attached hydrogen (secondary N) is 2. The molecular formula is C18H18N4O3. The van der Waals surface area contributed by atoms with Crippen LogP contribution in [-0.4, -0.2) is 34.1 Å². The molecule has 25 heavy (non-hydrogen) atoms. The van der Waals surface area contributed by atoms with Gasteiger partial charge in [-0.1, -0.05) is 11.8 Å². The van der Waals surface area contributed by atoms with Crippen LogP contribution in [-0.2, 0) is 4.79 Å². The van der Waals surface area contributed by atoms with Crippen LogP contribution < -0.4 is 16.5 Å². The van der Waals surface area contributed by atoms with Crippen molar-refractivity contribution in [1.29, 1.82) is 0 Å². The Balaban J connectivity index is 2.07. The lowest BCUT2D eigenvalue weighted by Gasteiger charge is -2.20. The zero-order valence-electron chi connectivity index (χ0n) is 13.6. The Labute approximate surface area is 145 Å². The highest BCUT2D eigenvalue weighted by molar-refractivity contribution is 5.97. The van der Waals surface area contributed by atoms with Crippen molar-refractivity contribution in [2.75, 3.05) is 0 Å². The lowest BCUT2D eigenvalue weighted by molar-refractivity contribution is -0.131. The van der Waals surface area contributed by atoms with Crippen molar-refractivity contribution in [2.24, 2.45) is 5.73 Å². The van der Waals surface area contributed by atoms with Crippen molar-refractivity contribution < 1.29 is 14.8 Å². The van der Waals surface area contributed by atoms with Gasteiger partial charge in [-0.2, -0.15) is 0 Å². The monoisotopic (exact) mass is 338 g/mol. The lowest BCUT2D eigenvalue weighted by Crippen LogP contribution is -2.54. The highest BCUT2D eigenvalue weighted by Gasteiger charge is 2.24. The van der Waals surface area contributed by atoms with E-state index >= 15 is 0 Å². The highest BCUT2D eigenvalue weighted by Crippen LogP contribution is 2.05. The zero-order valence-corrected chi connectivity index (χ0v) is 13.6. The fraction of sp³-hybridized carbons (Fsp3) is 0.167. The quantitative estimate of drug-likeness (QED) is 0.366. The van der Waals surface area contributed by atoms with Gasteiger partial charge in [-0.25, -0.2) is 5.48 Å². The minimum Gasteiger partial charge on any atom is -0.339 e. The van der Waals surface area contributed by atoms with E-state index in [1.807, 2.05) is 6.07 Å². The van der Waals surface area contributed by atoms with E-state index in [4.69, 9.17) is 10.9 Å². The molecule has 0 saturated carbocycles. The molecule has 0 saturated heterocycles. The maximum atomic E-state index is 12.2. The number of amides is 2. The van der Waals surface area contributed by atoms with Crippen LogP contribution >= 0.6 is 0 Å². The third-order valence-corrected chi connectivity index (χ3v) is 3.36. The fourth-order valence-corrected chi connectivity index (χ4v) is 2.02. The predicted octanol–water partition coefficient (Wildman–Crippen LogP) is 0.432. The summed E-state index contributed by atoms with van der Waals surface area (Å²) < 4.78 is 0. The van der Waals surface area contributed by atoms with Gasteiger partial charge in [0.15, 0.2) is 0 Å². The molecule has 0 aliphatic rings. The topological polar surface area (TPSA) is 117 Å². The second-order valence-corrected chi connectivity index (χ2v) is 5.36. The van der Waals surface area contributed by atoms with Gasteiger partial charge < -0.3 is 11.1 Å². The lowest BCUT2D eigenvalue weighted by atomic mass is 10.1. The Morgan fingerprint density at radius 2 is 1.84 bits per heavy atom. The van der Waals surface area contributed by atoms with E-state index in [9.17, 15) is 9.59 Å². The largest absolute Gasteiger partial charge is 0.339 e. The molecule has 5 N–H and O–H groups in total. The number of aromatic nitrogens is 1. The molecule has 1 aromatic heterocycles. The van der Waals surface area contributed by atoms with Crippen LogP contribution in [0.3, 0.4) is 0 Å². The third kappa shape index (κ3) is 5.14. The van der Waals surface area contributed by atoms with Crippen LogP contribution in [0.4, 0.5) is 0 Å². The van der Waals surface area contributed by atoms with Gasteiger partial charge in [0.25, 0.3) is 11.8 Å². The predicted molar refractivity (Wildman–Crippen MR) is 91.5 cm³/mol. The zero-order chi connectivity index (χ0) is 18.2. The van der Waals surface area contributed by atoms with Crippen LogP contribution in [0.2, 0.25) is 0 Å². The fourth-order valence-electron chi connectivity index (χ4n) is 2.02. The van der Waals surface area contributed by atoms with Crippen molar-refractivity contribution in [3.63, 3.8) is 0 Å². The van der Waals surface area contributed by atoms with Gasteiger partial charge in [-0.15, -0.1) is 0 Å². The van der Waals surface area contributed by atoms with Crippen molar-refractivity contribution in [2.45, 2.75) is 19.0 Å². The average molecular weight is 338 g/mol. The Bertz CT molecular complexity index is 793. The summed E-state index contributed by atoms with van der Waals surface area (Å²) in [7, 11) is 0. The highest BCUT2D eigenvalue weighted by atomic mass is 16.5. The van der Waals surface area contributed by atoms with E-state index in [0.717, 1.165) is 11.1 Å². The molecule has 2 rings (SSSR count). The van der Waals surface area contributed by atoms with E-state index < -0.39 is 23.9 Å². The Morgan fingerprint density at radius 1 is 1.16 bits per heavy atom. The van der Waals surface area contributed by atoms with Gasteiger partial charge in [0, 0.05) is 35.1 Å². The Kier molecular flexibility index (Phi) is 6.23. The summed E-state index contributed by atoms with van der Waals surface area (Å²) in [5, 5.41) is 11.2. The third-order valence-electron chi connectivity index (χ3n) is 3.36. The second-order valence-electron chi connectivity index (χ2n) is 5.36. The van der Waals surface area contributed by atoms with Gasteiger partial charge in [-0.05, 0) is 43.3 Å². The van der Waals surface area contributed by atoms with E-state index in [2.05, 4.69) is 22.1 Å². The van der Waals surface area contributed by atoms with E-state index in [1.54, 1.807) is 49.6 Å². The minimum absolute atomic E-state index is 0.350. The van der Waals surface area contributed by atoms with Gasteiger partial charge in [0.05, 0.1) is 0 Å². The number of hydrogen-bond donors (Lipinski definition) is 4. The molecule has 2 amide bonds. The van der Waals surface area contributed by atoms with Gasteiger partial charge >= 0.3 is 0 Å². The molecule has 2 atom stereocenters. The molecule has 7 nitrogen and oxygen atoms in total. The molecule has 0 fully saturated rings. The number of rotatable bonds is 4. The molecule has 1 aromatic carbocycles. The number of benzene rings is 1. The molecule has 7 heteroatoms. The molecule has 0 aliphatic heterocycles. The summed E-state index contributed by atoms with van der Waals surface area (Å²) in [5.41, 5.74) is 9.01. The number of carbonyl (C=O) groups is 2. The maximum Gasteiger partial charge on any atom is 0.267 e. The summed E-state index contributed by atoms with van der Waals surface area (Å²) in [5.74, 6) is 4.69. The summed E-state index contributed by atoms with van der Waals surface area (Å²) in [6.07, 6.45) is 3.33. The average Bonchev–Trinajstić information content (AvgIpc) is 2.64. The SMILES string of the molecule is C[C@@H](N)[C@H](NC(=O)c1ccc(C#Cc2cccnc2)cc1)C(=O)NO. The van der Waals surface area contributed by atoms with Crippen molar-refractivity contribution >= 4 is 11.8 Å². The second kappa shape index (κ2) is 8.59. The van der Waals surface area contributed by atoms with Gasteiger partial charge in [0.2, 0.25) is 0 Å². The van der Waals surface area contributed by atoms with E-state index in [1.165, 1.54) is 5.48 Å². The number of hydroxylamine groups is 1. The van der Waals surface area contributed by atoms with Crippen LogP contribution in [0.1, 0.15) is 28.4 Å². The maximum absolute atomic E-state index is 12.2. The molecule has 0 radical (unpaired) electrons.